The number of ether oxygens (including phenoxy) is 2. The first-order valence-electron chi connectivity index (χ1n) is 7.04. The molecule has 2 aromatic carbocycles. The first-order valence-corrected chi connectivity index (χ1v) is 7.04. The number of nitrogens with one attached hydrogen (secondary N) is 2. The van der Waals surface area contributed by atoms with E-state index in [1.807, 2.05) is 0 Å². The third-order valence-corrected chi connectivity index (χ3v) is 3.25. The average molecular weight is 331 g/mol. The molecule has 0 heterocycles. The molecule has 0 atom stereocenters. The normalized spacial score (nSPS) is 9.92. The Labute approximate surface area is 138 Å². The van der Waals surface area contributed by atoms with E-state index in [0.29, 0.717) is 11.5 Å². The van der Waals surface area contributed by atoms with Gasteiger partial charge in [0.2, 0.25) is 0 Å². The largest absolute Gasteiger partial charge is 0.493 e. The number of para-hydroxylation sites is 2. The molecule has 2 N–H and O–H groups in total. The molecule has 24 heavy (non-hydrogen) atoms. The lowest BCUT2D eigenvalue weighted by atomic mass is 10.2. The first-order chi connectivity index (χ1) is 11.5. The van der Waals surface area contributed by atoms with Crippen LogP contribution in [0.15, 0.2) is 42.5 Å². The molecule has 0 aliphatic heterocycles. The van der Waals surface area contributed by atoms with Crippen LogP contribution in [0.3, 0.4) is 0 Å². The zero-order valence-corrected chi connectivity index (χ0v) is 13.2. The second-order valence-corrected chi connectivity index (χ2v) is 4.77. The van der Waals surface area contributed by atoms with Crippen molar-refractivity contribution in [3.8, 4) is 11.5 Å². The molecule has 126 valence electrons. The minimum Gasteiger partial charge on any atom is -0.493 e. The number of urea groups is 1. The number of hydrogen-bond acceptors (Lipinski definition) is 5. The van der Waals surface area contributed by atoms with Crippen molar-refractivity contribution >= 4 is 17.4 Å². The van der Waals surface area contributed by atoms with Crippen molar-refractivity contribution < 1.29 is 19.2 Å². The van der Waals surface area contributed by atoms with Gasteiger partial charge in [-0.2, -0.15) is 0 Å². The number of carbonyl (C=O) groups excluding carboxylic acids is 1. The molecular formula is C16H17N3O5. The van der Waals surface area contributed by atoms with Crippen LogP contribution in [0.1, 0.15) is 5.56 Å². The van der Waals surface area contributed by atoms with Gasteiger partial charge in [0, 0.05) is 12.6 Å². The summed E-state index contributed by atoms with van der Waals surface area (Å²) in [6.07, 6.45) is 0. The topological polar surface area (TPSA) is 103 Å². The predicted octanol–water partition coefficient (Wildman–Crippen LogP) is 2.93. The summed E-state index contributed by atoms with van der Waals surface area (Å²) in [5.74, 6) is 1.14. The fourth-order valence-corrected chi connectivity index (χ4v) is 2.08. The highest BCUT2D eigenvalue weighted by Crippen LogP contribution is 2.27. The SMILES string of the molecule is COc1ccc(CNC(=O)Nc2ccccc2[N+](=O)[O-])cc1OC. The maximum Gasteiger partial charge on any atom is 0.319 e. The van der Waals surface area contributed by atoms with Crippen molar-refractivity contribution in [3.63, 3.8) is 0 Å². The molecule has 2 amide bonds. The number of anilines is 1. The number of nitro groups is 1. The second-order valence-electron chi connectivity index (χ2n) is 4.77. The number of hydrogen-bond donors (Lipinski definition) is 2. The molecule has 0 unspecified atom stereocenters. The van der Waals surface area contributed by atoms with Crippen LogP contribution in [-0.2, 0) is 6.54 Å². The van der Waals surface area contributed by atoms with Gasteiger partial charge in [-0.1, -0.05) is 18.2 Å². The second kappa shape index (κ2) is 7.82. The number of methoxy groups -OCH3 is 2. The quantitative estimate of drug-likeness (QED) is 0.626. The lowest BCUT2D eigenvalue weighted by molar-refractivity contribution is -0.383. The Bertz CT molecular complexity index is 748. The zero-order chi connectivity index (χ0) is 17.5. The van der Waals surface area contributed by atoms with E-state index in [4.69, 9.17) is 9.47 Å². The standard InChI is InChI=1S/C16H17N3O5/c1-23-14-8-7-11(9-15(14)24-2)10-17-16(20)18-12-5-3-4-6-13(12)19(21)22/h3-9H,10H2,1-2H3,(H2,17,18,20). The lowest BCUT2D eigenvalue weighted by Crippen LogP contribution is -2.28. The van der Waals surface area contributed by atoms with Crippen molar-refractivity contribution in [2.45, 2.75) is 6.54 Å². The molecule has 0 aliphatic rings. The van der Waals surface area contributed by atoms with Gasteiger partial charge in [-0.05, 0) is 23.8 Å². The molecule has 8 heteroatoms. The van der Waals surface area contributed by atoms with E-state index in [0.717, 1.165) is 5.56 Å². The molecule has 2 rings (SSSR count). The summed E-state index contributed by atoms with van der Waals surface area (Å²) >= 11 is 0. The zero-order valence-electron chi connectivity index (χ0n) is 13.2. The minimum absolute atomic E-state index is 0.132. The number of benzene rings is 2. The summed E-state index contributed by atoms with van der Waals surface area (Å²) in [4.78, 5) is 22.3. The van der Waals surface area contributed by atoms with Crippen molar-refractivity contribution in [1.82, 2.24) is 5.32 Å². The molecule has 0 spiro atoms. The summed E-state index contributed by atoms with van der Waals surface area (Å²) in [6, 6.07) is 10.6. The third-order valence-electron chi connectivity index (χ3n) is 3.25. The van der Waals surface area contributed by atoms with Crippen LogP contribution in [-0.4, -0.2) is 25.2 Å². The number of nitro benzene ring substituents is 1. The third kappa shape index (κ3) is 4.13. The molecule has 0 aromatic heterocycles. The van der Waals surface area contributed by atoms with Gasteiger partial charge in [0.25, 0.3) is 5.69 Å². The van der Waals surface area contributed by atoms with E-state index in [-0.39, 0.29) is 17.9 Å². The van der Waals surface area contributed by atoms with E-state index >= 15 is 0 Å². The molecular weight excluding hydrogens is 314 g/mol. The summed E-state index contributed by atoms with van der Waals surface area (Å²) in [7, 11) is 3.06. The van der Waals surface area contributed by atoms with Gasteiger partial charge in [0.15, 0.2) is 11.5 Å². The summed E-state index contributed by atoms with van der Waals surface area (Å²) < 4.78 is 10.3. The van der Waals surface area contributed by atoms with Gasteiger partial charge in [0.1, 0.15) is 5.69 Å². The monoisotopic (exact) mass is 331 g/mol. The molecule has 0 fully saturated rings. The molecule has 0 bridgehead atoms. The van der Waals surface area contributed by atoms with Crippen molar-refractivity contribution in [1.29, 1.82) is 0 Å². The average Bonchev–Trinajstić information content (AvgIpc) is 2.59. The van der Waals surface area contributed by atoms with E-state index in [9.17, 15) is 14.9 Å². The highest BCUT2D eigenvalue weighted by molar-refractivity contribution is 5.91. The number of carbonyl (C=O) groups is 1. The lowest BCUT2D eigenvalue weighted by Gasteiger charge is -2.11. The van der Waals surface area contributed by atoms with Crippen molar-refractivity contribution in [3.05, 3.63) is 58.1 Å². The summed E-state index contributed by atoms with van der Waals surface area (Å²) in [5, 5.41) is 16.0. The molecule has 0 saturated carbocycles. The van der Waals surface area contributed by atoms with Crippen LogP contribution in [0.5, 0.6) is 11.5 Å². The Morgan fingerprint density at radius 3 is 2.50 bits per heavy atom. The Hall–Kier alpha value is -3.29. The molecule has 0 aliphatic carbocycles. The van der Waals surface area contributed by atoms with Crippen LogP contribution >= 0.6 is 0 Å². The van der Waals surface area contributed by atoms with Gasteiger partial charge in [0.05, 0.1) is 19.1 Å². The van der Waals surface area contributed by atoms with E-state index < -0.39 is 11.0 Å². The van der Waals surface area contributed by atoms with Crippen LogP contribution in [0.25, 0.3) is 0 Å². The van der Waals surface area contributed by atoms with Gasteiger partial charge in [-0.15, -0.1) is 0 Å². The highest BCUT2D eigenvalue weighted by Gasteiger charge is 2.14. The minimum atomic E-state index is -0.552. The fraction of sp³-hybridized carbons (Fsp3) is 0.188. The van der Waals surface area contributed by atoms with Gasteiger partial charge in [-0.25, -0.2) is 4.79 Å². The van der Waals surface area contributed by atoms with Gasteiger partial charge < -0.3 is 20.1 Å². The van der Waals surface area contributed by atoms with Crippen LogP contribution in [0, 0.1) is 10.1 Å². The van der Waals surface area contributed by atoms with Gasteiger partial charge in [-0.3, -0.25) is 10.1 Å². The summed E-state index contributed by atoms with van der Waals surface area (Å²) in [6.45, 7) is 0.229. The number of rotatable bonds is 6. The van der Waals surface area contributed by atoms with Crippen molar-refractivity contribution in [2.24, 2.45) is 0 Å². The van der Waals surface area contributed by atoms with E-state index in [2.05, 4.69) is 10.6 Å². The van der Waals surface area contributed by atoms with Crippen LogP contribution in [0.2, 0.25) is 0 Å². The van der Waals surface area contributed by atoms with Crippen LogP contribution in [0.4, 0.5) is 16.2 Å². The van der Waals surface area contributed by atoms with Crippen LogP contribution < -0.4 is 20.1 Å². The smallest absolute Gasteiger partial charge is 0.319 e. The molecule has 8 nitrogen and oxygen atoms in total. The Balaban J connectivity index is 2.00. The van der Waals surface area contributed by atoms with E-state index in [1.54, 1.807) is 24.3 Å². The molecule has 0 saturated heterocycles. The van der Waals surface area contributed by atoms with Crippen molar-refractivity contribution in [2.75, 3.05) is 19.5 Å². The number of nitrogens with zero attached hydrogens (tertiary/aromatic N) is 1. The van der Waals surface area contributed by atoms with E-state index in [1.165, 1.54) is 32.4 Å². The Morgan fingerprint density at radius 2 is 1.83 bits per heavy atom. The highest BCUT2D eigenvalue weighted by atomic mass is 16.6. The maximum atomic E-state index is 11.9. The molecule has 2 aromatic rings. The Kier molecular flexibility index (Phi) is 5.56. The molecule has 0 radical (unpaired) electrons. The summed E-state index contributed by atoms with van der Waals surface area (Å²) in [5.41, 5.74) is 0.761. The number of amides is 2. The fourth-order valence-electron chi connectivity index (χ4n) is 2.08. The maximum absolute atomic E-state index is 11.9. The predicted molar refractivity (Wildman–Crippen MR) is 88.5 cm³/mol. The first kappa shape index (κ1) is 17.1. The Morgan fingerprint density at radius 1 is 1.12 bits per heavy atom. The van der Waals surface area contributed by atoms with Gasteiger partial charge >= 0.3 is 6.03 Å².